The van der Waals surface area contributed by atoms with Crippen LogP contribution >= 0.6 is 0 Å². The van der Waals surface area contributed by atoms with Gasteiger partial charge in [0.05, 0.1) is 24.6 Å². The van der Waals surface area contributed by atoms with Gasteiger partial charge in [0.1, 0.15) is 6.54 Å². The molecule has 218 valence electrons. The third-order valence-corrected chi connectivity index (χ3v) is 8.34. The zero-order valence-corrected chi connectivity index (χ0v) is 24.6. The highest BCUT2D eigenvalue weighted by Gasteiger charge is 2.23. The number of carbonyl (C=O) groups is 1. The minimum absolute atomic E-state index is 0.0803. The number of piperidine rings is 1. The zero-order chi connectivity index (χ0) is 28.9. The van der Waals surface area contributed by atoms with Crippen LogP contribution in [0.25, 0.3) is 10.9 Å². The molecule has 1 aromatic heterocycles. The number of hydrogen-bond donors (Lipinski definition) is 1. The molecule has 0 unspecified atom stereocenters. The molecule has 3 aromatic carbocycles. The van der Waals surface area contributed by atoms with Crippen molar-refractivity contribution in [2.45, 2.75) is 45.6 Å². The summed E-state index contributed by atoms with van der Waals surface area (Å²) in [6, 6.07) is 23.9. The van der Waals surface area contributed by atoms with Crippen LogP contribution in [0.5, 0.6) is 11.5 Å². The number of carbonyl (C=O) groups excluding carboxylic acids is 1. The van der Waals surface area contributed by atoms with E-state index in [1.54, 1.807) is 0 Å². The smallest absolute Gasteiger partial charge is 0.246 e. The maximum Gasteiger partial charge on any atom is 0.246 e. The summed E-state index contributed by atoms with van der Waals surface area (Å²) in [5.74, 6) is 1.14. The van der Waals surface area contributed by atoms with E-state index in [1.807, 2.05) is 26.0 Å². The molecule has 1 amide bonds. The van der Waals surface area contributed by atoms with Gasteiger partial charge in [0, 0.05) is 48.0 Å². The van der Waals surface area contributed by atoms with Crippen molar-refractivity contribution in [3.63, 3.8) is 0 Å². The molecular weight excluding hydrogens is 524 g/mol. The number of aromatic nitrogens is 1. The normalized spacial score (nSPS) is 16.0. The van der Waals surface area contributed by atoms with Crippen molar-refractivity contribution < 1.29 is 14.3 Å². The Bertz CT molecular complexity index is 1570. The van der Waals surface area contributed by atoms with E-state index < -0.39 is 0 Å². The SMILES string of the molecule is CCOc1cc2c(cc1OCC)C(c1ccc(CCCN3CCC(n4ccc5ccccc54)CC3)cc1)=NCC(=O)N2. The molecule has 0 radical (unpaired) electrons. The first-order valence-electron chi connectivity index (χ1n) is 15.3. The van der Waals surface area contributed by atoms with Crippen LogP contribution in [0.2, 0.25) is 0 Å². The third kappa shape index (κ3) is 6.07. The van der Waals surface area contributed by atoms with Gasteiger partial charge in [-0.1, -0.05) is 42.5 Å². The number of ether oxygens (including phenoxy) is 2. The minimum atomic E-state index is -0.139. The second-order valence-corrected chi connectivity index (χ2v) is 11.1. The Morgan fingerprint density at radius 1 is 0.929 bits per heavy atom. The van der Waals surface area contributed by atoms with Gasteiger partial charge in [-0.2, -0.15) is 0 Å². The lowest BCUT2D eigenvalue weighted by atomic mass is 9.98. The molecule has 1 fully saturated rings. The minimum Gasteiger partial charge on any atom is -0.490 e. The van der Waals surface area contributed by atoms with E-state index in [2.05, 4.69) is 80.6 Å². The van der Waals surface area contributed by atoms with Crippen molar-refractivity contribution in [1.29, 1.82) is 0 Å². The van der Waals surface area contributed by atoms with Crippen LogP contribution < -0.4 is 14.8 Å². The fourth-order valence-corrected chi connectivity index (χ4v) is 6.25. The number of para-hydroxylation sites is 1. The molecule has 0 aliphatic carbocycles. The van der Waals surface area contributed by atoms with Gasteiger partial charge in [-0.25, -0.2) is 0 Å². The van der Waals surface area contributed by atoms with Gasteiger partial charge in [-0.15, -0.1) is 0 Å². The van der Waals surface area contributed by atoms with Gasteiger partial charge in [0.2, 0.25) is 5.91 Å². The number of rotatable bonds is 10. The Balaban J connectivity index is 1.07. The first-order chi connectivity index (χ1) is 20.6. The number of likely N-dealkylation sites (tertiary alicyclic amines) is 1. The molecule has 3 heterocycles. The number of hydrogen-bond acceptors (Lipinski definition) is 5. The topological polar surface area (TPSA) is 68.1 Å². The first kappa shape index (κ1) is 28.0. The van der Waals surface area contributed by atoms with E-state index >= 15 is 0 Å². The van der Waals surface area contributed by atoms with Gasteiger partial charge >= 0.3 is 0 Å². The van der Waals surface area contributed by atoms with Crippen LogP contribution in [0.15, 0.2) is 77.9 Å². The Morgan fingerprint density at radius 3 is 2.43 bits per heavy atom. The van der Waals surface area contributed by atoms with Crippen LogP contribution in [0.4, 0.5) is 5.69 Å². The fourth-order valence-electron chi connectivity index (χ4n) is 6.25. The van der Waals surface area contributed by atoms with Crippen LogP contribution in [-0.4, -0.2) is 60.5 Å². The summed E-state index contributed by atoms with van der Waals surface area (Å²) >= 11 is 0. The summed E-state index contributed by atoms with van der Waals surface area (Å²) in [4.78, 5) is 19.7. The molecule has 0 bridgehead atoms. The number of fused-ring (bicyclic) bond motifs is 2. The number of benzene rings is 3. The van der Waals surface area contributed by atoms with Gasteiger partial charge < -0.3 is 24.3 Å². The highest BCUT2D eigenvalue weighted by molar-refractivity contribution is 6.19. The summed E-state index contributed by atoms with van der Waals surface area (Å²) in [6.45, 7) is 8.42. The highest BCUT2D eigenvalue weighted by Crippen LogP contribution is 2.36. The maximum atomic E-state index is 12.4. The molecule has 7 nitrogen and oxygen atoms in total. The molecule has 0 saturated carbocycles. The molecule has 2 aliphatic rings. The largest absolute Gasteiger partial charge is 0.490 e. The monoisotopic (exact) mass is 564 g/mol. The predicted molar refractivity (Wildman–Crippen MR) is 169 cm³/mol. The lowest BCUT2D eigenvalue weighted by Gasteiger charge is -2.33. The van der Waals surface area contributed by atoms with E-state index in [-0.39, 0.29) is 12.5 Å². The molecule has 1 N–H and O–H groups in total. The molecule has 42 heavy (non-hydrogen) atoms. The molecule has 0 spiro atoms. The second-order valence-electron chi connectivity index (χ2n) is 11.1. The van der Waals surface area contributed by atoms with E-state index in [4.69, 9.17) is 9.47 Å². The van der Waals surface area contributed by atoms with Crippen molar-refractivity contribution in [2.75, 3.05) is 44.7 Å². The molecular formula is C35H40N4O3. The highest BCUT2D eigenvalue weighted by atomic mass is 16.5. The van der Waals surface area contributed by atoms with Gasteiger partial charge in [-0.05, 0) is 75.2 Å². The third-order valence-electron chi connectivity index (χ3n) is 8.34. The van der Waals surface area contributed by atoms with E-state index in [0.29, 0.717) is 36.4 Å². The van der Waals surface area contributed by atoms with Crippen molar-refractivity contribution in [3.05, 3.63) is 89.6 Å². The van der Waals surface area contributed by atoms with Crippen molar-refractivity contribution in [2.24, 2.45) is 4.99 Å². The quantitative estimate of drug-likeness (QED) is 0.239. The van der Waals surface area contributed by atoms with Crippen LogP contribution in [-0.2, 0) is 11.2 Å². The standard InChI is InChI=1S/C35H40N4O3/c1-3-41-32-22-29-30(23-33(32)42-4-2)37-34(40)24-36-35(29)27-13-11-25(12-14-27)8-7-18-38-19-16-28(17-20-38)39-21-15-26-9-5-6-10-31(26)39/h5-6,9-15,21-23,28H,3-4,7-8,16-20,24H2,1-2H3,(H,37,40). The maximum absolute atomic E-state index is 12.4. The first-order valence-corrected chi connectivity index (χ1v) is 15.3. The summed E-state index contributed by atoms with van der Waals surface area (Å²) in [5, 5.41) is 4.31. The predicted octanol–water partition coefficient (Wildman–Crippen LogP) is 6.50. The van der Waals surface area contributed by atoms with Crippen molar-refractivity contribution >= 4 is 28.2 Å². The van der Waals surface area contributed by atoms with Crippen LogP contribution in [0.1, 0.15) is 55.8 Å². The summed E-state index contributed by atoms with van der Waals surface area (Å²) in [5.41, 5.74) is 5.99. The van der Waals surface area contributed by atoms with Gasteiger partial charge in [0.25, 0.3) is 0 Å². The Hall–Kier alpha value is -4.10. The van der Waals surface area contributed by atoms with Crippen molar-refractivity contribution in [3.8, 4) is 11.5 Å². The molecule has 4 aromatic rings. The summed E-state index contributed by atoms with van der Waals surface area (Å²) in [6.07, 6.45) is 6.84. The lowest BCUT2D eigenvalue weighted by Crippen LogP contribution is -2.35. The van der Waals surface area contributed by atoms with Crippen molar-refractivity contribution in [1.82, 2.24) is 9.47 Å². The van der Waals surface area contributed by atoms with E-state index in [0.717, 1.165) is 49.3 Å². The van der Waals surface area contributed by atoms with Crippen LogP contribution in [0.3, 0.4) is 0 Å². The molecule has 6 rings (SSSR count). The molecule has 0 atom stereocenters. The zero-order valence-electron chi connectivity index (χ0n) is 24.6. The number of aliphatic imine (C=N–C) groups is 1. The van der Waals surface area contributed by atoms with E-state index in [9.17, 15) is 4.79 Å². The number of benzodiazepines with no additional fused rings is 1. The molecule has 7 heteroatoms. The lowest BCUT2D eigenvalue weighted by molar-refractivity contribution is -0.114. The number of amides is 1. The molecule has 2 aliphatic heterocycles. The Morgan fingerprint density at radius 2 is 1.67 bits per heavy atom. The van der Waals surface area contributed by atoms with Crippen LogP contribution in [0, 0.1) is 0 Å². The molecule has 1 saturated heterocycles. The van der Waals surface area contributed by atoms with Gasteiger partial charge in [0.15, 0.2) is 11.5 Å². The Labute approximate surface area is 248 Å². The second kappa shape index (κ2) is 12.8. The summed E-state index contributed by atoms with van der Waals surface area (Å²) in [7, 11) is 0. The number of aryl methyl sites for hydroxylation is 1. The fraction of sp³-hybridized carbons (Fsp3) is 0.371. The number of anilines is 1. The number of nitrogens with one attached hydrogen (secondary N) is 1. The Kier molecular flexibility index (Phi) is 8.56. The van der Waals surface area contributed by atoms with E-state index in [1.165, 1.54) is 29.3 Å². The average Bonchev–Trinajstić information content (AvgIpc) is 3.37. The summed E-state index contributed by atoms with van der Waals surface area (Å²) < 4.78 is 14.1. The average molecular weight is 565 g/mol. The van der Waals surface area contributed by atoms with Gasteiger partial charge in [-0.3, -0.25) is 9.79 Å². The number of nitrogens with zero attached hydrogens (tertiary/aromatic N) is 3.